The van der Waals surface area contributed by atoms with Gasteiger partial charge < -0.3 is 24.4 Å². The number of carbonyl (C=O) groups excluding carboxylic acids is 1. The van der Waals surface area contributed by atoms with Gasteiger partial charge in [-0.15, -0.1) is 0 Å². The molecule has 1 aromatic heterocycles. The molecule has 1 fully saturated rings. The number of ether oxygens (including phenoxy) is 3. The minimum absolute atomic E-state index is 0.00705. The number of pyridine rings is 1. The SMILES string of the molecule is COc1cc(C(=O)NC[C@@H](c2cccnc2)N2CCN(c3ccccc3)CC2)cc(OC)c1OC. The summed E-state index contributed by atoms with van der Waals surface area (Å²) < 4.78 is 16.2. The number of rotatable bonds is 9. The molecular weight excluding hydrogens is 444 g/mol. The second-order valence-corrected chi connectivity index (χ2v) is 8.28. The van der Waals surface area contributed by atoms with E-state index in [1.54, 1.807) is 18.3 Å². The zero-order valence-electron chi connectivity index (χ0n) is 20.4. The predicted molar refractivity (Wildman–Crippen MR) is 136 cm³/mol. The van der Waals surface area contributed by atoms with Gasteiger partial charge in [0.1, 0.15) is 0 Å². The Labute approximate surface area is 206 Å². The van der Waals surface area contributed by atoms with Crippen molar-refractivity contribution < 1.29 is 19.0 Å². The van der Waals surface area contributed by atoms with Crippen LogP contribution >= 0.6 is 0 Å². The molecule has 184 valence electrons. The zero-order chi connectivity index (χ0) is 24.6. The number of nitrogens with zero attached hydrogens (tertiary/aromatic N) is 3. The number of amides is 1. The maximum Gasteiger partial charge on any atom is 0.251 e. The van der Waals surface area contributed by atoms with Crippen LogP contribution in [0.5, 0.6) is 17.2 Å². The van der Waals surface area contributed by atoms with Crippen LogP contribution in [0.3, 0.4) is 0 Å². The Morgan fingerprint density at radius 2 is 1.63 bits per heavy atom. The van der Waals surface area contributed by atoms with Crippen LogP contribution in [-0.4, -0.2) is 69.8 Å². The molecule has 2 aromatic carbocycles. The quantitative estimate of drug-likeness (QED) is 0.507. The lowest BCUT2D eigenvalue weighted by atomic mass is 10.1. The first-order chi connectivity index (χ1) is 17.1. The monoisotopic (exact) mass is 476 g/mol. The number of hydrogen-bond donors (Lipinski definition) is 1. The summed E-state index contributed by atoms with van der Waals surface area (Å²) in [4.78, 5) is 22.2. The van der Waals surface area contributed by atoms with E-state index in [1.165, 1.54) is 27.0 Å². The van der Waals surface area contributed by atoms with Crippen LogP contribution in [0.15, 0.2) is 67.0 Å². The molecule has 0 saturated carbocycles. The molecule has 0 aliphatic carbocycles. The molecular formula is C27H32N4O4. The van der Waals surface area contributed by atoms with Gasteiger partial charge in [0.15, 0.2) is 11.5 Å². The van der Waals surface area contributed by atoms with Crippen LogP contribution in [0.1, 0.15) is 22.0 Å². The van der Waals surface area contributed by atoms with Crippen LogP contribution in [0.25, 0.3) is 0 Å². The van der Waals surface area contributed by atoms with Crippen LogP contribution in [0, 0.1) is 0 Å². The normalized spacial score (nSPS) is 14.8. The summed E-state index contributed by atoms with van der Waals surface area (Å²) in [6, 6.07) is 17.8. The Morgan fingerprint density at radius 1 is 0.943 bits per heavy atom. The van der Waals surface area contributed by atoms with Crippen molar-refractivity contribution >= 4 is 11.6 Å². The zero-order valence-corrected chi connectivity index (χ0v) is 20.4. The summed E-state index contributed by atoms with van der Waals surface area (Å²) in [5.41, 5.74) is 2.75. The Bertz CT molecular complexity index is 1080. The van der Waals surface area contributed by atoms with Crippen LogP contribution in [0.4, 0.5) is 5.69 Å². The number of hydrogen-bond acceptors (Lipinski definition) is 7. The molecule has 3 aromatic rings. The maximum absolute atomic E-state index is 13.1. The summed E-state index contributed by atoms with van der Waals surface area (Å²) in [5.74, 6) is 1.13. The third-order valence-electron chi connectivity index (χ3n) is 6.33. The van der Waals surface area contributed by atoms with E-state index in [0.29, 0.717) is 29.4 Å². The smallest absolute Gasteiger partial charge is 0.251 e. The van der Waals surface area contributed by atoms with E-state index in [0.717, 1.165) is 31.7 Å². The van der Waals surface area contributed by atoms with Gasteiger partial charge in [-0.1, -0.05) is 24.3 Å². The van der Waals surface area contributed by atoms with E-state index in [1.807, 2.05) is 18.3 Å². The number of benzene rings is 2. The van der Waals surface area contributed by atoms with E-state index >= 15 is 0 Å². The second-order valence-electron chi connectivity index (χ2n) is 8.28. The van der Waals surface area contributed by atoms with E-state index in [2.05, 4.69) is 50.4 Å². The molecule has 4 rings (SSSR count). The molecule has 0 radical (unpaired) electrons. The molecule has 8 heteroatoms. The second kappa shape index (κ2) is 11.6. The lowest BCUT2D eigenvalue weighted by Gasteiger charge is -2.40. The number of piperazine rings is 1. The number of aromatic nitrogens is 1. The molecule has 0 spiro atoms. The topological polar surface area (TPSA) is 76.2 Å². The first-order valence-electron chi connectivity index (χ1n) is 11.7. The predicted octanol–water partition coefficient (Wildman–Crippen LogP) is 3.40. The molecule has 1 saturated heterocycles. The van der Waals surface area contributed by atoms with Crippen molar-refractivity contribution in [2.75, 3.05) is 59.0 Å². The van der Waals surface area contributed by atoms with Gasteiger partial charge in [-0.05, 0) is 35.9 Å². The number of carbonyl (C=O) groups is 1. The number of methoxy groups -OCH3 is 3. The van der Waals surface area contributed by atoms with Gasteiger partial charge in [-0.2, -0.15) is 0 Å². The standard InChI is InChI=1S/C27H32N4O4/c1-33-24-16-21(17-25(34-2)26(24)35-3)27(32)29-19-23(20-8-7-11-28-18-20)31-14-12-30(13-15-31)22-9-5-4-6-10-22/h4-11,16-18,23H,12-15,19H2,1-3H3,(H,29,32)/t23-/m0/s1. The lowest BCUT2D eigenvalue weighted by Crippen LogP contribution is -2.50. The minimum atomic E-state index is -0.207. The van der Waals surface area contributed by atoms with Crippen molar-refractivity contribution in [3.8, 4) is 17.2 Å². The number of nitrogens with one attached hydrogen (secondary N) is 1. The number of para-hydroxylation sites is 1. The van der Waals surface area contributed by atoms with E-state index in [4.69, 9.17) is 14.2 Å². The van der Waals surface area contributed by atoms with Crippen molar-refractivity contribution in [2.24, 2.45) is 0 Å². The van der Waals surface area contributed by atoms with Crippen molar-refractivity contribution in [1.82, 2.24) is 15.2 Å². The molecule has 1 atom stereocenters. The van der Waals surface area contributed by atoms with Gasteiger partial charge >= 0.3 is 0 Å². The van der Waals surface area contributed by atoms with Crippen molar-refractivity contribution in [3.63, 3.8) is 0 Å². The van der Waals surface area contributed by atoms with Gasteiger partial charge in [0.25, 0.3) is 5.91 Å². The van der Waals surface area contributed by atoms with E-state index < -0.39 is 0 Å². The highest BCUT2D eigenvalue weighted by Crippen LogP contribution is 2.38. The van der Waals surface area contributed by atoms with E-state index in [9.17, 15) is 4.79 Å². The van der Waals surface area contributed by atoms with E-state index in [-0.39, 0.29) is 11.9 Å². The molecule has 0 bridgehead atoms. The average Bonchev–Trinajstić information content (AvgIpc) is 2.93. The Kier molecular flexibility index (Phi) is 8.05. The highest BCUT2D eigenvalue weighted by atomic mass is 16.5. The Hall–Kier alpha value is -3.78. The highest BCUT2D eigenvalue weighted by Gasteiger charge is 2.26. The molecule has 1 N–H and O–H groups in total. The van der Waals surface area contributed by atoms with Crippen molar-refractivity contribution in [2.45, 2.75) is 6.04 Å². The average molecular weight is 477 g/mol. The molecule has 0 unspecified atom stereocenters. The van der Waals surface area contributed by atoms with Gasteiger partial charge in [0.05, 0.1) is 27.4 Å². The largest absolute Gasteiger partial charge is 0.493 e. The first kappa shape index (κ1) is 24.3. The molecule has 1 aliphatic heterocycles. The molecule has 2 heterocycles. The molecule has 1 amide bonds. The van der Waals surface area contributed by atoms with Gasteiger partial charge in [-0.3, -0.25) is 14.7 Å². The van der Waals surface area contributed by atoms with Gasteiger partial charge in [-0.25, -0.2) is 0 Å². The highest BCUT2D eigenvalue weighted by molar-refractivity contribution is 5.95. The van der Waals surface area contributed by atoms with Gasteiger partial charge in [0, 0.05) is 56.4 Å². The fourth-order valence-electron chi connectivity index (χ4n) is 4.47. The lowest BCUT2D eigenvalue weighted by molar-refractivity contribution is 0.0929. The fourth-order valence-corrected chi connectivity index (χ4v) is 4.47. The first-order valence-corrected chi connectivity index (χ1v) is 11.7. The summed E-state index contributed by atoms with van der Waals surface area (Å²) in [6.45, 7) is 4.05. The third-order valence-corrected chi connectivity index (χ3v) is 6.33. The summed E-state index contributed by atoms with van der Waals surface area (Å²) in [7, 11) is 4.61. The molecule has 8 nitrogen and oxygen atoms in total. The summed E-state index contributed by atoms with van der Waals surface area (Å²) >= 11 is 0. The molecule has 1 aliphatic rings. The maximum atomic E-state index is 13.1. The Morgan fingerprint density at radius 3 is 2.20 bits per heavy atom. The van der Waals surface area contributed by atoms with Crippen molar-refractivity contribution in [1.29, 1.82) is 0 Å². The van der Waals surface area contributed by atoms with Crippen LogP contribution in [0.2, 0.25) is 0 Å². The van der Waals surface area contributed by atoms with Crippen LogP contribution < -0.4 is 24.4 Å². The number of anilines is 1. The Balaban J connectivity index is 1.48. The fraction of sp³-hybridized carbons (Fsp3) is 0.333. The van der Waals surface area contributed by atoms with Gasteiger partial charge in [0.2, 0.25) is 5.75 Å². The summed E-state index contributed by atoms with van der Waals surface area (Å²) in [5, 5.41) is 3.10. The third kappa shape index (κ3) is 5.66. The minimum Gasteiger partial charge on any atom is -0.493 e. The van der Waals surface area contributed by atoms with Crippen molar-refractivity contribution in [3.05, 3.63) is 78.1 Å². The van der Waals surface area contributed by atoms with Crippen LogP contribution in [-0.2, 0) is 0 Å². The summed E-state index contributed by atoms with van der Waals surface area (Å²) in [6.07, 6.45) is 3.64. The molecule has 35 heavy (non-hydrogen) atoms.